The number of pyridine rings is 1. The molecule has 1 aromatic rings. The Balaban J connectivity index is 3.11. The first-order chi connectivity index (χ1) is 8.62. The van der Waals surface area contributed by atoms with Crippen molar-refractivity contribution in [1.82, 2.24) is 9.88 Å². The number of ketones is 1. The Bertz CT molecular complexity index is 524. The van der Waals surface area contributed by atoms with Gasteiger partial charge in [0.15, 0.2) is 5.78 Å². The molecule has 7 heteroatoms. The number of hydrogen-bond donors (Lipinski definition) is 0. The molecule has 19 heavy (non-hydrogen) atoms. The van der Waals surface area contributed by atoms with E-state index in [2.05, 4.69) is 4.98 Å². The second-order valence-corrected chi connectivity index (χ2v) is 4.44. The number of alkyl halides is 3. The Kier molecular flexibility index (Phi) is 4.57. The SMILES string of the molecule is CC(=CC(=O)c1ccc(C(F)(F)F)nc1Cl)N(C)C. The van der Waals surface area contributed by atoms with Gasteiger partial charge in [0, 0.05) is 25.9 Å². The maximum atomic E-state index is 12.4. The molecule has 1 heterocycles. The maximum Gasteiger partial charge on any atom is 0.433 e. The van der Waals surface area contributed by atoms with Crippen molar-refractivity contribution >= 4 is 17.4 Å². The molecule has 0 amide bonds. The molecule has 1 aromatic heterocycles. The number of halogens is 4. The fourth-order valence-corrected chi connectivity index (χ4v) is 1.42. The molecule has 104 valence electrons. The zero-order valence-electron chi connectivity index (χ0n) is 10.5. The molecule has 0 aliphatic carbocycles. The average molecular weight is 293 g/mol. The Morgan fingerprint density at radius 1 is 1.37 bits per heavy atom. The van der Waals surface area contributed by atoms with Gasteiger partial charge in [-0.05, 0) is 19.1 Å². The van der Waals surface area contributed by atoms with Crippen molar-refractivity contribution in [2.24, 2.45) is 0 Å². The lowest BCUT2D eigenvalue weighted by Gasteiger charge is -2.12. The molecular weight excluding hydrogens is 281 g/mol. The molecule has 0 N–H and O–H groups in total. The van der Waals surface area contributed by atoms with Crippen LogP contribution >= 0.6 is 11.6 Å². The summed E-state index contributed by atoms with van der Waals surface area (Å²) in [6, 6.07) is 1.76. The Morgan fingerprint density at radius 2 is 1.95 bits per heavy atom. The third-order valence-electron chi connectivity index (χ3n) is 2.45. The minimum Gasteiger partial charge on any atom is -0.381 e. The van der Waals surface area contributed by atoms with E-state index in [1.54, 1.807) is 25.9 Å². The van der Waals surface area contributed by atoms with Crippen LogP contribution in [0.25, 0.3) is 0 Å². The van der Waals surface area contributed by atoms with Crippen LogP contribution in [0.2, 0.25) is 5.15 Å². The predicted octanol–water partition coefficient (Wildman–Crippen LogP) is 3.40. The van der Waals surface area contributed by atoms with Crippen LogP contribution in [-0.2, 0) is 6.18 Å². The van der Waals surface area contributed by atoms with E-state index in [0.717, 1.165) is 12.1 Å². The highest BCUT2D eigenvalue weighted by Gasteiger charge is 2.33. The molecule has 0 saturated carbocycles. The number of carbonyl (C=O) groups is 1. The van der Waals surface area contributed by atoms with Crippen molar-refractivity contribution in [2.45, 2.75) is 13.1 Å². The number of hydrogen-bond acceptors (Lipinski definition) is 3. The summed E-state index contributed by atoms with van der Waals surface area (Å²) in [4.78, 5) is 16.7. The van der Waals surface area contributed by atoms with Crippen LogP contribution < -0.4 is 0 Å². The standard InChI is InChI=1S/C12H12ClF3N2O/c1-7(18(2)3)6-9(19)8-4-5-10(12(14,15)16)17-11(8)13/h4-6H,1-3H3. The number of aromatic nitrogens is 1. The first-order valence-electron chi connectivity index (χ1n) is 5.26. The fraction of sp³-hybridized carbons (Fsp3) is 0.333. The third kappa shape index (κ3) is 3.96. The van der Waals surface area contributed by atoms with E-state index >= 15 is 0 Å². The molecule has 0 fully saturated rings. The largest absolute Gasteiger partial charge is 0.433 e. The Labute approximate surface area is 113 Å². The Hall–Kier alpha value is -1.56. The van der Waals surface area contributed by atoms with Crippen molar-refractivity contribution in [2.75, 3.05) is 14.1 Å². The fourth-order valence-electron chi connectivity index (χ4n) is 1.17. The van der Waals surface area contributed by atoms with Gasteiger partial charge >= 0.3 is 6.18 Å². The van der Waals surface area contributed by atoms with Crippen LogP contribution in [0.4, 0.5) is 13.2 Å². The van der Waals surface area contributed by atoms with Crippen LogP contribution in [0.1, 0.15) is 23.0 Å². The topological polar surface area (TPSA) is 33.2 Å². The molecule has 0 aliphatic heterocycles. The number of carbonyl (C=O) groups excluding carboxylic acids is 1. The zero-order valence-corrected chi connectivity index (χ0v) is 11.3. The molecule has 1 rings (SSSR count). The number of nitrogens with zero attached hydrogens (tertiary/aromatic N) is 2. The van der Waals surface area contributed by atoms with Gasteiger partial charge in [0.2, 0.25) is 0 Å². The molecule has 0 unspecified atom stereocenters. The van der Waals surface area contributed by atoms with Crippen LogP contribution in [0.5, 0.6) is 0 Å². The van der Waals surface area contributed by atoms with Crippen molar-refractivity contribution in [1.29, 1.82) is 0 Å². The molecule has 0 aliphatic rings. The molecule has 0 spiro atoms. The summed E-state index contributed by atoms with van der Waals surface area (Å²) in [5.41, 5.74) is -0.529. The lowest BCUT2D eigenvalue weighted by molar-refractivity contribution is -0.141. The van der Waals surface area contributed by atoms with Gasteiger partial charge in [0.1, 0.15) is 10.8 Å². The molecule has 0 aromatic carbocycles. The minimum absolute atomic E-state index is 0.0594. The highest BCUT2D eigenvalue weighted by Crippen LogP contribution is 2.29. The molecule has 0 saturated heterocycles. The summed E-state index contributed by atoms with van der Waals surface area (Å²) < 4.78 is 37.2. The van der Waals surface area contributed by atoms with Gasteiger partial charge in [-0.25, -0.2) is 4.98 Å². The van der Waals surface area contributed by atoms with Crippen molar-refractivity contribution in [3.05, 3.63) is 40.3 Å². The second kappa shape index (κ2) is 5.61. The third-order valence-corrected chi connectivity index (χ3v) is 2.74. The normalized spacial score (nSPS) is 12.5. The van der Waals surface area contributed by atoms with Gasteiger partial charge in [-0.2, -0.15) is 13.2 Å². The summed E-state index contributed by atoms with van der Waals surface area (Å²) in [6.45, 7) is 1.70. The number of allylic oxidation sites excluding steroid dienone is 2. The van der Waals surface area contributed by atoms with Crippen LogP contribution in [-0.4, -0.2) is 29.8 Å². The Morgan fingerprint density at radius 3 is 2.37 bits per heavy atom. The zero-order chi connectivity index (χ0) is 14.8. The number of rotatable bonds is 3. The molecule has 3 nitrogen and oxygen atoms in total. The van der Waals surface area contributed by atoms with Gasteiger partial charge < -0.3 is 4.90 Å². The maximum absolute atomic E-state index is 12.4. The molecule has 0 atom stereocenters. The first kappa shape index (κ1) is 15.5. The van der Waals surface area contributed by atoms with Crippen molar-refractivity contribution in [3.63, 3.8) is 0 Å². The lowest BCUT2D eigenvalue weighted by atomic mass is 10.1. The summed E-state index contributed by atoms with van der Waals surface area (Å²) >= 11 is 5.62. The van der Waals surface area contributed by atoms with Gasteiger partial charge in [0.05, 0.1) is 5.56 Å². The molecule has 0 radical (unpaired) electrons. The van der Waals surface area contributed by atoms with E-state index < -0.39 is 22.8 Å². The highest BCUT2D eigenvalue weighted by molar-refractivity contribution is 6.33. The summed E-state index contributed by atoms with van der Waals surface area (Å²) in [5, 5.41) is -0.456. The van der Waals surface area contributed by atoms with E-state index in [1.165, 1.54) is 6.08 Å². The molecular formula is C12H12ClF3N2O. The van der Waals surface area contributed by atoms with Crippen molar-refractivity contribution < 1.29 is 18.0 Å². The van der Waals surface area contributed by atoms with Gasteiger partial charge in [-0.1, -0.05) is 11.6 Å². The quantitative estimate of drug-likeness (QED) is 0.486. The molecule has 0 bridgehead atoms. The van der Waals surface area contributed by atoms with E-state index in [1.807, 2.05) is 0 Å². The lowest BCUT2D eigenvalue weighted by Crippen LogP contribution is -2.12. The van der Waals surface area contributed by atoms with Crippen LogP contribution in [0, 0.1) is 0 Å². The summed E-state index contributed by atoms with van der Waals surface area (Å²) in [7, 11) is 3.48. The smallest absolute Gasteiger partial charge is 0.381 e. The van der Waals surface area contributed by atoms with Gasteiger partial charge in [-0.15, -0.1) is 0 Å². The minimum atomic E-state index is -4.58. The van der Waals surface area contributed by atoms with Crippen LogP contribution in [0.15, 0.2) is 23.9 Å². The monoisotopic (exact) mass is 292 g/mol. The van der Waals surface area contributed by atoms with E-state index in [-0.39, 0.29) is 5.56 Å². The van der Waals surface area contributed by atoms with E-state index in [9.17, 15) is 18.0 Å². The van der Waals surface area contributed by atoms with Gasteiger partial charge in [0.25, 0.3) is 0 Å². The van der Waals surface area contributed by atoms with E-state index in [4.69, 9.17) is 11.6 Å². The highest BCUT2D eigenvalue weighted by atomic mass is 35.5. The summed E-state index contributed by atoms with van der Waals surface area (Å²) in [5.74, 6) is -0.488. The second-order valence-electron chi connectivity index (χ2n) is 4.08. The predicted molar refractivity (Wildman–Crippen MR) is 66.0 cm³/mol. The van der Waals surface area contributed by atoms with E-state index in [0.29, 0.717) is 5.70 Å². The van der Waals surface area contributed by atoms with Gasteiger partial charge in [-0.3, -0.25) is 4.79 Å². The van der Waals surface area contributed by atoms with Crippen LogP contribution in [0.3, 0.4) is 0 Å². The summed E-state index contributed by atoms with van der Waals surface area (Å²) in [6.07, 6.45) is -3.29. The first-order valence-corrected chi connectivity index (χ1v) is 5.64. The average Bonchev–Trinajstić information content (AvgIpc) is 2.27. The van der Waals surface area contributed by atoms with Crippen molar-refractivity contribution in [3.8, 4) is 0 Å².